The number of ether oxygens (including phenoxy) is 2. The van der Waals surface area contributed by atoms with E-state index in [9.17, 15) is 8.78 Å². The zero-order valence-electron chi connectivity index (χ0n) is 13.5. The minimum absolute atomic E-state index is 0.0504. The van der Waals surface area contributed by atoms with Crippen LogP contribution in [0.3, 0.4) is 0 Å². The number of benzene rings is 2. The quantitative estimate of drug-likeness (QED) is 0.538. The van der Waals surface area contributed by atoms with Crippen LogP contribution in [0.15, 0.2) is 51.5 Å². The van der Waals surface area contributed by atoms with E-state index in [2.05, 4.69) is 15.2 Å². The highest BCUT2D eigenvalue weighted by atomic mass is 19.1. The number of halogens is 2. The van der Waals surface area contributed by atoms with E-state index in [4.69, 9.17) is 18.3 Å². The average molecular weight is 369 g/mol. The molecule has 0 unspecified atom stereocenters. The molecule has 0 radical (unpaired) electrons. The molecule has 0 bridgehead atoms. The molecule has 5 rings (SSSR count). The Morgan fingerprint density at radius 3 is 2.48 bits per heavy atom. The third-order valence-electron chi connectivity index (χ3n) is 3.94. The normalized spacial score (nSPS) is 12.5. The van der Waals surface area contributed by atoms with E-state index in [1.807, 2.05) is 0 Å². The van der Waals surface area contributed by atoms with Crippen LogP contribution in [0, 0.1) is 11.6 Å². The molecule has 1 aliphatic rings. The van der Waals surface area contributed by atoms with Gasteiger partial charge in [-0.3, -0.25) is 0 Å². The molecule has 0 saturated heterocycles. The lowest BCUT2D eigenvalue weighted by atomic mass is 10.2. The van der Waals surface area contributed by atoms with Crippen LogP contribution in [0.25, 0.3) is 34.5 Å². The SMILES string of the molecule is Fc1cccc(F)c1-c1nc(-c2nnc(-c3ccc4c(c3)OCO4)o2)co1. The Morgan fingerprint density at radius 1 is 0.852 bits per heavy atom. The molecule has 2 aromatic heterocycles. The molecule has 0 amide bonds. The highest BCUT2D eigenvalue weighted by Crippen LogP contribution is 2.36. The van der Waals surface area contributed by atoms with Crippen molar-refractivity contribution in [1.82, 2.24) is 15.2 Å². The fourth-order valence-corrected chi connectivity index (χ4v) is 2.66. The van der Waals surface area contributed by atoms with Crippen LogP contribution < -0.4 is 9.47 Å². The van der Waals surface area contributed by atoms with Crippen molar-refractivity contribution in [2.24, 2.45) is 0 Å². The maximum Gasteiger partial charge on any atom is 0.269 e. The largest absolute Gasteiger partial charge is 0.454 e. The van der Waals surface area contributed by atoms with Crippen LogP contribution in [0.5, 0.6) is 11.5 Å². The van der Waals surface area contributed by atoms with Crippen molar-refractivity contribution < 1.29 is 27.1 Å². The Morgan fingerprint density at radius 2 is 1.63 bits per heavy atom. The Labute approximate surface area is 150 Å². The fourth-order valence-electron chi connectivity index (χ4n) is 2.66. The van der Waals surface area contributed by atoms with Gasteiger partial charge in [-0.25, -0.2) is 13.8 Å². The number of nitrogens with zero attached hydrogens (tertiary/aromatic N) is 3. The minimum Gasteiger partial charge on any atom is -0.454 e. The summed E-state index contributed by atoms with van der Waals surface area (Å²) in [6, 6.07) is 8.68. The molecule has 1 aliphatic heterocycles. The highest BCUT2D eigenvalue weighted by molar-refractivity contribution is 5.62. The van der Waals surface area contributed by atoms with Crippen molar-refractivity contribution in [2.45, 2.75) is 0 Å². The first kappa shape index (κ1) is 15.5. The van der Waals surface area contributed by atoms with Gasteiger partial charge in [0.1, 0.15) is 23.5 Å². The van der Waals surface area contributed by atoms with Gasteiger partial charge in [0.15, 0.2) is 17.2 Å². The summed E-state index contributed by atoms with van der Waals surface area (Å²) >= 11 is 0. The Kier molecular flexibility index (Phi) is 3.39. The molecule has 0 aliphatic carbocycles. The van der Waals surface area contributed by atoms with Gasteiger partial charge in [-0.2, -0.15) is 0 Å². The molecule has 2 aromatic carbocycles. The molecular formula is C18H9F2N3O4. The van der Waals surface area contributed by atoms with E-state index in [0.717, 1.165) is 12.1 Å². The van der Waals surface area contributed by atoms with Gasteiger partial charge >= 0.3 is 0 Å². The van der Waals surface area contributed by atoms with E-state index in [1.54, 1.807) is 18.2 Å². The van der Waals surface area contributed by atoms with Gasteiger partial charge in [-0.05, 0) is 30.3 Å². The van der Waals surface area contributed by atoms with E-state index in [1.165, 1.54) is 12.3 Å². The van der Waals surface area contributed by atoms with Crippen molar-refractivity contribution in [3.05, 3.63) is 54.3 Å². The van der Waals surface area contributed by atoms with Crippen LogP contribution in [0.2, 0.25) is 0 Å². The number of hydrogen-bond donors (Lipinski definition) is 0. The van der Waals surface area contributed by atoms with Gasteiger partial charge < -0.3 is 18.3 Å². The third kappa shape index (κ3) is 2.60. The third-order valence-corrected chi connectivity index (χ3v) is 3.94. The monoisotopic (exact) mass is 369 g/mol. The van der Waals surface area contributed by atoms with E-state index < -0.39 is 11.6 Å². The average Bonchev–Trinajstić information content (AvgIpc) is 3.40. The first-order chi connectivity index (χ1) is 13.2. The second-order valence-corrected chi connectivity index (χ2v) is 5.61. The number of fused-ring (bicyclic) bond motifs is 1. The standard InChI is InChI=1S/C18H9F2N3O4/c19-10-2-1-3-11(20)15(10)18-21-12(7-24-18)17-23-22-16(27-17)9-4-5-13-14(6-9)26-8-25-13/h1-7H,8H2. The summed E-state index contributed by atoms with van der Waals surface area (Å²) in [5.74, 6) is -0.301. The Bertz CT molecular complexity index is 1130. The summed E-state index contributed by atoms with van der Waals surface area (Å²) in [7, 11) is 0. The smallest absolute Gasteiger partial charge is 0.269 e. The number of rotatable bonds is 3. The number of oxazole rings is 1. The summed E-state index contributed by atoms with van der Waals surface area (Å²) in [4.78, 5) is 4.05. The topological polar surface area (TPSA) is 83.4 Å². The molecule has 27 heavy (non-hydrogen) atoms. The molecule has 3 heterocycles. The summed E-state index contributed by atoms with van der Waals surface area (Å²) in [6.45, 7) is 0.155. The maximum absolute atomic E-state index is 13.9. The molecule has 7 nitrogen and oxygen atoms in total. The number of aromatic nitrogens is 3. The molecule has 134 valence electrons. The van der Waals surface area contributed by atoms with Gasteiger partial charge in [0.2, 0.25) is 18.6 Å². The summed E-state index contributed by atoms with van der Waals surface area (Å²) in [5.41, 5.74) is 0.424. The summed E-state index contributed by atoms with van der Waals surface area (Å²) in [6.07, 6.45) is 1.19. The summed E-state index contributed by atoms with van der Waals surface area (Å²) in [5, 5.41) is 7.87. The Balaban J connectivity index is 1.48. The van der Waals surface area contributed by atoms with Crippen LogP contribution in [-0.2, 0) is 0 Å². The molecule has 0 saturated carbocycles. The first-order valence-electron chi connectivity index (χ1n) is 7.83. The lowest BCUT2D eigenvalue weighted by molar-refractivity contribution is 0.174. The Hall–Kier alpha value is -3.75. The second kappa shape index (κ2) is 5.90. The predicted molar refractivity (Wildman–Crippen MR) is 86.7 cm³/mol. The predicted octanol–water partition coefficient (Wildman–Crippen LogP) is 4.07. The first-order valence-corrected chi connectivity index (χ1v) is 7.83. The van der Waals surface area contributed by atoms with Gasteiger partial charge in [-0.15, -0.1) is 10.2 Å². The zero-order chi connectivity index (χ0) is 18.4. The fraction of sp³-hybridized carbons (Fsp3) is 0.0556. The molecule has 0 spiro atoms. The van der Waals surface area contributed by atoms with Crippen LogP contribution in [0.1, 0.15) is 0 Å². The number of hydrogen-bond acceptors (Lipinski definition) is 7. The van der Waals surface area contributed by atoms with Gasteiger partial charge in [-0.1, -0.05) is 6.07 Å². The highest BCUT2D eigenvalue weighted by Gasteiger charge is 2.21. The van der Waals surface area contributed by atoms with Crippen LogP contribution in [0.4, 0.5) is 8.78 Å². The van der Waals surface area contributed by atoms with Crippen molar-refractivity contribution in [1.29, 1.82) is 0 Å². The maximum atomic E-state index is 13.9. The minimum atomic E-state index is -0.782. The second-order valence-electron chi connectivity index (χ2n) is 5.61. The summed E-state index contributed by atoms with van der Waals surface area (Å²) < 4.78 is 49.1. The lowest BCUT2D eigenvalue weighted by Gasteiger charge is -1.98. The molecule has 0 atom stereocenters. The van der Waals surface area contributed by atoms with Crippen molar-refractivity contribution >= 4 is 0 Å². The van der Waals surface area contributed by atoms with E-state index in [0.29, 0.717) is 17.1 Å². The van der Waals surface area contributed by atoms with Crippen molar-refractivity contribution in [3.8, 4) is 46.0 Å². The molecule has 0 fully saturated rings. The van der Waals surface area contributed by atoms with Crippen LogP contribution >= 0.6 is 0 Å². The van der Waals surface area contributed by atoms with Crippen molar-refractivity contribution in [2.75, 3.05) is 6.79 Å². The van der Waals surface area contributed by atoms with Crippen LogP contribution in [-0.4, -0.2) is 22.0 Å². The van der Waals surface area contributed by atoms with Gasteiger partial charge in [0, 0.05) is 5.56 Å². The van der Waals surface area contributed by atoms with E-state index >= 15 is 0 Å². The van der Waals surface area contributed by atoms with Gasteiger partial charge in [0.25, 0.3) is 5.89 Å². The van der Waals surface area contributed by atoms with Crippen molar-refractivity contribution in [3.63, 3.8) is 0 Å². The molecule has 0 N–H and O–H groups in total. The van der Waals surface area contributed by atoms with Gasteiger partial charge in [0.05, 0.1) is 0 Å². The molecular weight excluding hydrogens is 360 g/mol. The molecule has 4 aromatic rings. The lowest BCUT2D eigenvalue weighted by Crippen LogP contribution is -1.92. The zero-order valence-corrected chi connectivity index (χ0v) is 13.5. The molecule has 9 heteroatoms. The van der Waals surface area contributed by atoms with E-state index in [-0.39, 0.29) is 35.7 Å².